The van der Waals surface area contributed by atoms with Crippen LogP contribution in [0, 0.1) is 11.3 Å². The van der Waals surface area contributed by atoms with Crippen molar-refractivity contribution in [3.63, 3.8) is 0 Å². The van der Waals surface area contributed by atoms with E-state index >= 15 is 0 Å². The van der Waals surface area contributed by atoms with Crippen LogP contribution in [0.3, 0.4) is 0 Å². The number of nitrogens with one attached hydrogen (secondary N) is 1. The standard InChI is InChI=1S/C15H20N2O3/c1-15(2,3)20-14(18)17-13(9-10-16)11-5-7-12(19-4)8-6-11/h5-8,13H,9H2,1-4H3,(H,17,18)/t13-/m1/s1. The highest BCUT2D eigenvalue weighted by Crippen LogP contribution is 2.20. The average Bonchev–Trinajstić information content (AvgIpc) is 2.36. The zero-order valence-corrected chi connectivity index (χ0v) is 12.3. The molecule has 0 aliphatic rings. The first-order valence-electron chi connectivity index (χ1n) is 6.36. The predicted molar refractivity (Wildman–Crippen MR) is 75.3 cm³/mol. The van der Waals surface area contributed by atoms with Crippen LogP contribution in [-0.4, -0.2) is 18.8 Å². The molecule has 1 amide bonds. The lowest BCUT2D eigenvalue weighted by molar-refractivity contribution is 0.0504. The van der Waals surface area contributed by atoms with Gasteiger partial charge in [-0.1, -0.05) is 12.1 Å². The van der Waals surface area contributed by atoms with Gasteiger partial charge in [0, 0.05) is 0 Å². The van der Waals surface area contributed by atoms with E-state index in [4.69, 9.17) is 14.7 Å². The van der Waals surface area contributed by atoms with E-state index in [9.17, 15) is 4.79 Å². The number of carbonyl (C=O) groups excluding carboxylic acids is 1. The van der Waals surface area contributed by atoms with Crippen LogP contribution in [0.25, 0.3) is 0 Å². The molecule has 108 valence electrons. The van der Waals surface area contributed by atoms with Crippen LogP contribution in [0.15, 0.2) is 24.3 Å². The van der Waals surface area contributed by atoms with E-state index in [0.717, 1.165) is 11.3 Å². The third kappa shape index (κ3) is 5.19. The van der Waals surface area contributed by atoms with Crippen molar-refractivity contribution in [2.45, 2.75) is 38.8 Å². The quantitative estimate of drug-likeness (QED) is 0.916. The largest absolute Gasteiger partial charge is 0.497 e. The summed E-state index contributed by atoms with van der Waals surface area (Å²) in [5.74, 6) is 0.724. The van der Waals surface area contributed by atoms with Crippen LogP contribution in [0.1, 0.15) is 38.8 Å². The van der Waals surface area contributed by atoms with Crippen LogP contribution in [-0.2, 0) is 4.74 Å². The molecule has 0 radical (unpaired) electrons. The van der Waals surface area contributed by atoms with E-state index in [2.05, 4.69) is 11.4 Å². The van der Waals surface area contributed by atoms with E-state index in [0.29, 0.717) is 0 Å². The van der Waals surface area contributed by atoms with Gasteiger partial charge < -0.3 is 14.8 Å². The molecule has 5 heteroatoms. The molecule has 0 fully saturated rings. The Morgan fingerprint density at radius 3 is 2.40 bits per heavy atom. The molecule has 5 nitrogen and oxygen atoms in total. The first-order chi connectivity index (χ1) is 9.35. The number of rotatable bonds is 4. The summed E-state index contributed by atoms with van der Waals surface area (Å²) in [4.78, 5) is 11.8. The van der Waals surface area contributed by atoms with Crippen LogP contribution < -0.4 is 10.1 Å². The number of ether oxygens (including phenoxy) is 2. The number of alkyl carbamates (subject to hydrolysis) is 1. The lowest BCUT2D eigenvalue weighted by Crippen LogP contribution is -2.34. The monoisotopic (exact) mass is 276 g/mol. The molecule has 1 rings (SSSR count). The molecular weight excluding hydrogens is 256 g/mol. The van der Waals surface area contributed by atoms with Gasteiger partial charge in [-0.15, -0.1) is 0 Å². The van der Waals surface area contributed by atoms with Crippen LogP contribution in [0.4, 0.5) is 4.79 Å². The van der Waals surface area contributed by atoms with Gasteiger partial charge >= 0.3 is 6.09 Å². The van der Waals surface area contributed by atoms with E-state index in [1.54, 1.807) is 40.0 Å². The maximum Gasteiger partial charge on any atom is 0.408 e. The highest BCUT2D eigenvalue weighted by atomic mass is 16.6. The molecule has 1 aromatic carbocycles. The molecule has 0 bridgehead atoms. The Morgan fingerprint density at radius 2 is 1.95 bits per heavy atom. The highest BCUT2D eigenvalue weighted by Gasteiger charge is 2.20. The van der Waals surface area contributed by atoms with Crippen molar-refractivity contribution in [3.05, 3.63) is 29.8 Å². The third-order valence-corrected chi connectivity index (χ3v) is 2.50. The third-order valence-electron chi connectivity index (χ3n) is 2.50. The molecule has 1 atom stereocenters. The second-order valence-electron chi connectivity index (χ2n) is 5.33. The predicted octanol–water partition coefficient (Wildman–Crippen LogP) is 3.17. The number of methoxy groups -OCH3 is 1. The van der Waals surface area contributed by atoms with E-state index < -0.39 is 17.7 Å². The van der Waals surface area contributed by atoms with Gasteiger partial charge in [-0.25, -0.2) is 4.79 Å². The van der Waals surface area contributed by atoms with Gasteiger partial charge in [0.2, 0.25) is 0 Å². The summed E-state index contributed by atoms with van der Waals surface area (Å²) in [6.45, 7) is 5.37. The summed E-state index contributed by atoms with van der Waals surface area (Å²) in [5.41, 5.74) is 0.263. The Balaban J connectivity index is 2.78. The molecule has 1 aromatic rings. The molecule has 0 saturated heterocycles. The highest BCUT2D eigenvalue weighted by molar-refractivity contribution is 5.68. The van der Waals surface area contributed by atoms with Gasteiger partial charge in [0.1, 0.15) is 11.4 Å². The fraction of sp³-hybridized carbons (Fsp3) is 0.467. The summed E-state index contributed by atoms with van der Waals surface area (Å²) in [7, 11) is 1.58. The zero-order chi connectivity index (χ0) is 15.2. The number of benzene rings is 1. The van der Waals surface area contributed by atoms with Gasteiger partial charge in [0.25, 0.3) is 0 Å². The van der Waals surface area contributed by atoms with Crippen molar-refractivity contribution in [2.75, 3.05) is 7.11 Å². The number of amides is 1. The molecule has 0 spiro atoms. The Labute approximate surface area is 119 Å². The van der Waals surface area contributed by atoms with Crippen LogP contribution in [0.2, 0.25) is 0 Å². The van der Waals surface area contributed by atoms with Crippen LogP contribution in [0.5, 0.6) is 5.75 Å². The number of carbonyl (C=O) groups is 1. The minimum absolute atomic E-state index is 0.172. The lowest BCUT2D eigenvalue weighted by Gasteiger charge is -2.23. The zero-order valence-electron chi connectivity index (χ0n) is 12.3. The Morgan fingerprint density at radius 1 is 1.35 bits per heavy atom. The van der Waals surface area contributed by atoms with E-state index in [1.807, 2.05) is 12.1 Å². The van der Waals surface area contributed by atoms with Gasteiger partial charge in [-0.05, 0) is 38.5 Å². The smallest absolute Gasteiger partial charge is 0.408 e. The molecule has 0 aromatic heterocycles. The van der Waals surface area contributed by atoms with Crippen LogP contribution >= 0.6 is 0 Å². The fourth-order valence-electron chi connectivity index (χ4n) is 1.63. The number of nitriles is 1. The molecule has 0 aliphatic carbocycles. The summed E-state index contributed by atoms with van der Waals surface area (Å²) in [6.07, 6.45) is -0.362. The average molecular weight is 276 g/mol. The van der Waals surface area contributed by atoms with Gasteiger partial charge in [0.15, 0.2) is 0 Å². The molecular formula is C15H20N2O3. The van der Waals surface area contributed by atoms with Crippen molar-refractivity contribution in [1.82, 2.24) is 5.32 Å². The maximum absolute atomic E-state index is 11.8. The lowest BCUT2D eigenvalue weighted by atomic mass is 10.0. The number of nitrogens with zero attached hydrogens (tertiary/aromatic N) is 1. The molecule has 0 heterocycles. The SMILES string of the molecule is COc1ccc([C@@H](CC#N)NC(=O)OC(C)(C)C)cc1. The Kier molecular flexibility index (Phi) is 5.39. The first-order valence-corrected chi connectivity index (χ1v) is 6.36. The van der Waals surface area contributed by atoms with Gasteiger partial charge in [0.05, 0.1) is 25.6 Å². The normalized spacial score (nSPS) is 12.2. The number of hydrogen-bond acceptors (Lipinski definition) is 4. The van der Waals surface area contributed by atoms with Crippen molar-refractivity contribution in [1.29, 1.82) is 5.26 Å². The molecule has 20 heavy (non-hydrogen) atoms. The minimum Gasteiger partial charge on any atom is -0.497 e. The van der Waals surface area contributed by atoms with E-state index in [1.165, 1.54) is 0 Å². The maximum atomic E-state index is 11.8. The summed E-state index contributed by atoms with van der Waals surface area (Å²) in [5, 5.41) is 11.6. The fourth-order valence-corrected chi connectivity index (χ4v) is 1.63. The van der Waals surface area contributed by atoms with Gasteiger partial charge in [-0.2, -0.15) is 5.26 Å². The molecule has 0 unspecified atom stereocenters. The Bertz CT molecular complexity index is 483. The van der Waals surface area contributed by atoms with E-state index in [-0.39, 0.29) is 6.42 Å². The first kappa shape index (κ1) is 15.8. The summed E-state index contributed by atoms with van der Waals surface area (Å²) >= 11 is 0. The second-order valence-corrected chi connectivity index (χ2v) is 5.33. The summed E-state index contributed by atoms with van der Waals surface area (Å²) < 4.78 is 10.3. The van der Waals surface area contributed by atoms with Gasteiger partial charge in [-0.3, -0.25) is 0 Å². The summed E-state index contributed by atoms with van der Waals surface area (Å²) in [6, 6.07) is 8.87. The second kappa shape index (κ2) is 6.80. The van der Waals surface area contributed by atoms with Crippen molar-refractivity contribution >= 4 is 6.09 Å². The molecule has 1 N–H and O–H groups in total. The topological polar surface area (TPSA) is 71.3 Å². The minimum atomic E-state index is -0.568. The Hall–Kier alpha value is -2.22. The van der Waals surface area contributed by atoms with Crippen molar-refractivity contribution < 1.29 is 14.3 Å². The molecule has 0 saturated carbocycles. The van der Waals surface area contributed by atoms with Crippen molar-refractivity contribution in [2.24, 2.45) is 0 Å². The molecule has 0 aliphatic heterocycles. The number of hydrogen-bond donors (Lipinski definition) is 1. The van der Waals surface area contributed by atoms with Crippen molar-refractivity contribution in [3.8, 4) is 11.8 Å².